The van der Waals surface area contributed by atoms with Crippen LogP contribution >= 0.6 is 23.6 Å². The first-order valence-electron chi connectivity index (χ1n) is 8.07. The van der Waals surface area contributed by atoms with E-state index in [0.29, 0.717) is 21.6 Å². The van der Waals surface area contributed by atoms with Gasteiger partial charge in [-0.1, -0.05) is 29.8 Å². The van der Waals surface area contributed by atoms with Crippen molar-refractivity contribution in [3.05, 3.63) is 45.7 Å². The Balaban J connectivity index is 1.51. The molecule has 25 heavy (non-hydrogen) atoms. The largest absolute Gasteiger partial charge is 0.300 e. The third-order valence-corrected chi connectivity index (χ3v) is 5.22. The van der Waals surface area contributed by atoms with Crippen LogP contribution in [-0.2, 0) is 11.3 Å². The van der Waals surface area contributed by atoms with Crippen LogP contribution in [0.15, 0.2) is 29.6 Å². The average Bonchev–Trinajstić information content (AvgIpc) is 3.25. The molecule has 3 aromatic rings. The van der Waals surface area contributed by atoms with E-state index in [1.807, 2.05) is 36.6 Å². The fourth-order valence-electron chi connectivity index (χ4n) is 2.60. The van der Waals surface area contributed by atoms with Gasteiger partial charge in [-0.05, 0) is 32.0 Å². The number of H-pyrrole nitrogens is 1. The zero-order valence-corrected chi connectivity index (χ0v) is 15.3. The maximum Gasteiger partial charge on any atom is 0.246 e. The Morgan fingerprint density at radius 2 is 2.16 bits per heavy atom. The molecule has 1 fully saturated rings. The molecule has 6 nitrogen and oxygen atoms in total. The van der Waals surface area contributed by atoms with Crippen molar-refractivity contribution in [2.24, 2.45) is 0 Å². The van der Waals surface area contributed by atoms with E-state index in [4.69, 9.17) is 12.2 Å². The van der Waals surface area contributed by atoms with E-state index < -0.39 is 0 Å². The smallest absolute Gasteiger partial charge is 0.246 e. The van der Waals surface area contributed by atoms with Crippen LogP contribution < -0.4 is 5.32 Å². The number of nitrogens with one attached hydrogen (secondary N) is 2. The molecule has 1 aromatic carbocycles. The number of carbonyl (C=O) groups excluding carboxylic acids is 1. The van der Waals surface area contributed by atoms with Crippen LogP contribution in [-0.4, -0.2) is 25.7 Å². The maximum atomic E-state index is 12.4. The number of aromatic nitrogens is 4. The predicted octanol–water partition coefficient (Wildman–Crippen LogP) is 3.89. The van der Waals surface area contributed by atoms with E-state index in [-0.39, 0.29) is 12.5 Å². The molecule has 1 amide bonds. The van der Waals surface area contributed by atoms with Crippen molar-refractivity contribution in [2.75, 3.05) is 5.32 Å². The lowest BCUT2D eigenvalue weighted by atomic mass is 10.1. The van der Waals surface area contributed by atoms with Crippen molar-refractivity contribution in [1.29, 1.82) is 0 Å². The van der Waals surface area contributed by atoms with Crippen LogP contribution in [0.25, 0.3) is 11.4 Å². The highest BCUT2D eigenvalue weighted by molar-refractivity contribution is 7.71. The first kappa shape index (κ1) is 16.2. The number of thiazole rings is 1. The summed E-state index contributed by atoms with van der Waals surface area (Å²) in [6.07, 6.45) is 2.39. The summed E-state index contributed by atoms with van der Waals surface area (Å²) in [6.45, 7) is 2.12. The summed E-state index contributed by atoms with van der Waals surface area (Å²) in [5.41, 5.74) is 3.16. The Morgan fingerprint density at radius 3 is 2.88 bits per heavy atom. The number of rotatable bonds is 5. The Kier molecular flexibility index (Phi) is 4.22. The fraction of sp³-hybridized carbons (Fsp3) is 0.294. The summed E-state index contributed by atoms with van der Waals surface area (Å²) in [5.74, 6) is 1.07. The molecule has 2 N–H and O–H groups in total. The van der Waals surface area contributed by atoms with Crippen molar-refractivity contribution in [2.45, 2.75) is 32.2 Å². The number of hydrogen-bond acceptors (Lipinski definition) is 5. The van der Waals surface area contributed by atoms with Crippen molar-refractivity contribution in [3.8, 4) is 11.4 Å². The number of carbonyl (C=O) groups is 1. The van der Waals surface area contributed by atoms with Gasteiger partial charge in [-0.25, -0.2) is 4.98 Å². The summed E-state index contributed by atoms with van der Waals surface area (Å²) < 4.78 is 2.12. The minimum absolute atomic E-state index is 0.0941. The van der Waals surface area contributed by atoms with Crippen LogP contribution in [0, 0.1) is 11.7 Å². The van der Waals surface area contributed by atoms with E-state index in [1.54, 1.807) is 4.57 Å². The molecule has 0 atom stereocenters. The van der Waals surface area contributed by atoms with Gasteiger partial charge in [-0.15, -0.1) is 11.3 Å². The molecule has 0 unspecified atom stereocenters. The number of benzene rings is 1. The molecule has 0 aliphatic heterocycles. The molecular formula is C17H17N5OS2. The zero-order chi connectivity index (χ0) is 17.4. The third kappa shape index (κ3) is 3.54. The molecule has 1 saturated carbocycles. The van der Waals surface area contributed by atoms with E-state index in [9.17, 15) is 4.79 Å². The lowest BCUT2D eigenvalue weighted by molar-refractivity contribution is -0.116. The molecule has 0 spiro atoms. The summed E-state index contributed by atoms with van der Waals surface area (Å²) in [4.78, 5) is 16.9. The molecule has 2 heterocycles. The van der Waals surface area contributed by atoms with Gasteiger partial charge in [0, 0.05) is 16.9 Å². The van der Waals surface area contributed by atoms with Crippen LogP contribution in [0.3, 0.4) is 0 Å². The Morgan fingerprint density at radius 1 is 1.40 bits per heavy atom. The zero-order valence-electron chi connectivity index (χ0n) is 13.7. The minimum Gasteiger partial charge on any atom is -0.300 e. The second kappa shape index (κ2) is 6.53. The summed E-state index contributed by atoms with van der Waals surface area (Å²) in [6, 6.07) is 7.95. The first-order valence-corrected chi connectivity index (χ1v) is 9.36. The van der Waals surface area contributed by atoms with Gasteiger partial charge in [0.25, 0.3) is 0 Å². The lowest BCUT2D eigenvalue weighted by Gasteiger charge is -2.07. The van der Waals surface area contributed by atoms with Gasteiger partial charge in [0.05, 0.1) is 5.69 Å². The van der Waals surface area contributed by atoms with Crippen molar-refractivity contribution in [3.63, 3.8) is 0 Å². The Bertz CT molecular complexity index is 966. The van der Waals surface area contributed by atoms with Crippen molar-refractivity contribution < 1.29 is 4.79 Å². The van der Waals surface area contributed by atoms with Crippen LogP contribution in [0.5, 0.6) is 0 Å². The highest BCUT2D eigenvalue weighted by atomic mass is 32.1. The van der Waals surface area contributed by atoms with Crippen LogP contribution in [0.4, 0.5) is 5.13 Å². The second-order valence-electron chi connectivity index (χ2n) is 6.20. The van der Waals surface area contributed by atoms with Gasteiger partial charge in [-0.3, -0.25) is 14.5 Å². The molecule has 4 rings (SSSR count). The van der Waals surface area contributed by atoms with Crippen molar-refractivity contribution in [1.82, 2.24) is 19.7 Å². The molecule has 0 saturated heterocycles. The Labute approximate surface area is 153 Å². The monoisotopic (exact) mass is 371 g/mol. The van der Waals surface area contributed by atoms with Gasteiger partial charge in [0.2, 0.25) is 5.91 Å². The number of hydrogen-bond donors (Lipinski definition) is 2. The fourth-order valence-corrected chi connectivity index (χ4v) is 3.61. The molecule has 128 valence electrons. The van der Waals surface area contributed by atoms with Gasteiger partial charge in [0.1, 0.15) is 6.54 Å². The number of nitrogens with zero attached hydrogens (tertiary/aromatic N) is 3. The normalized spacial score (nSPS) is 13.8. The first-order chi connectivity index (χ1) is 12.1. The number of aryl methyl sites for hydroxylation is 1. The molecule has 1 aliphatic carbocycles. The van der Waals surface area contributed by atoms with E-state index in [0.717, 1.165) is 16.8 Å². The summed E-state index contributed by atoms with van der Waals surface area (Å²) >= 11 is 6.74. The molecule has 1 aliphatic rings. The SMILES string of the molecule is Cc1ccc(-c2n[nH]c(=S)n2CC(=O)Nc2nc(C3CC3)cs2)cc1. The third-order valence-electron chi connectivity index (χ3n) is 4.13. The minimum atomic E-state index is -0.164. The van der Waals surface area contributed by atoms with Crippen LogP contribution in [0.2, 0.25) is 0 Å². The number of amides is 1. The summed E-state index contributed by atoms with van der Waals surface area (Å²) in [7, 11) is 0. The van der Waals surface area contributed by atoms with Crippen LogP contribution in [0.1, 0.15) is 30.0 Å². The second-order valence-corrected chi connectivity index (χ2v) is 7.45. The van der Waals surface area contributed by atoms with Gasteiger partial charge < -0.3 is 5.32 Å². The summed E-state index contributed by atoms with van der Waals surface area (Å²) in [5, 5.41) is 12.6. The molecule has 8 heteroatoms. The van der Waals surface area contributed by atoms with Gasteiger partial charge in [-0.2, -0.15) is 5.10 Å². The Hall–Kier alpha value is -2.32. The molecule has 0 radical (unpaired) electrons. The van der Waals surface area contributed by atoms with Gasteiger partial charge in [0.15, 0.2) is 15.7 Å². The predicted molar refractivity (Wildman–Crippen MR) is 100 cm³/mol. The van der Waals surface area contributed by atoms with Gasteiger partial charge >= 0.3 is 0 Å². The standard InChI is InChI=1S/C17H17N5OS2/c1-10-2-4-12(5-3-10)15-20-21-17(24)22(15)8-14(23)19-16-18-13(9-25-16)11-6-7-11/h2-5,9,11H,6-8H2,1H3,(H,21,24)(H,18,19,23). The molecule has 0 bridgehead atoms. The highest BCUT2D eigenvalue weighted by Gasteiger charge is 2.26. The number of anilines is 1. The lowest BCUT2D eigenvalue weighted by Crippen LogP contribution is -2.19. The van der Waals surface area contributed by atoms with E-state index in [1.165, 1.54) is 24.2 Å². The maximum absolute atomic E-state index is 12.4. The van der Waals surface area contributed by atoms with E-state index >= 15 is 0 Å². The molecular weight excluding hydrogens is 354 g/mol. The highest BCUT2D eigenvalue weighted by Crippen LogP contribution is 2.40. The topological polar surface area (TPSA) is 75.6 Å². The van der Waals surface area contributed by atoms with Crippen molar-refractivity contribution >= 4 is 34.6 Å². The quantitative estimate of drug-likeness (QED) is 0.667. The number of aromatic amines is 1. The average molecular weight is 371 g/mol. The van der Waals surface area contributed by atoms with E-state index in [2.05, 4.69) is 20.5 Å². The molecule has 2 aromatic heterocycles.